The Labute approximate surface area is 108 Å². The summed E-state index contributed by atoms with van der Waals surface area (Å²) >= 11 is 0. The molecule has 0 aromatic heterocycles. The Morgan fingerprint density at radius 1 is 1.24 bits per heavy atom. The fourth-order valence-corrected chi connectivity index (χ4v) is 1.80. The number of hydrogen-bond acceptors (Lipinski definition) is 2. The molecule has 0 rings (SSSR count). The van der Waals surface area contributed by atoms with Crippen molar-refractivity contribution in [2.75, 3.05) is 0 Å². The van der Waals surface area contributed by atoms with Gasteiger partial charge in [0.15, 0.2) is 0 Å². The normalized spacial score (nSPS) is 14.8. The quantitative estimate of drug-likeness (QED) is 0.480. The molecule has 0 amide bonds. The standard InChI is InChI=1S/C15H32N2/c1-7-10-14(8-2)17-16-13(3)11-9-12-15(4,5)6/h13,16H,7-12H2,1-6H3/b17-14+/t13-/m1/s1. The van der Waals surface area contributed by atoms with E-state index < -0.39 is 0 Å². The first-order valence-electron chi connectivity index (χ1n) is 7.20. The molecular formula is C15H32N2. The van der Waals surface area contributed by atoms with E-state index in [9.17, 15) is 0 Å². The summed E-state index contributed by atoms with van der Waals surface area (Å²) in [5.74, 6) is 0. The third-order valence-electron chi connectivity index (χ3n) is 2.95. The van der Waals surface area contributed by atoms with Gasteiger partial charge in [-0.15, -0.1) is 0 Å². The van der Waals surface area contributed by atoms with E-state index in [0.29, 0.717) is 11.5 Å². The summed E-state index contributed by atoms with van der Waals surface area (Å²) in [6.07, 6.45) is 7.16. The van der Waals surface area contributed by atoms with Gasteiger partial charge in [0.25, 0.3) is 0 Å². The molecule has 102 valence electrons. The molecule has 2 heteroatoms. The molecule has 0 radical (unpaired) electrons. The van der Waals surface area contributed by atoms with Crippen molar-refractivity contribution >= 4 is 5.71 Å². The molecule has 1 N–H and O–H groups in total. The van der Waals surface area contributed by atoms with Gasteiger partial charge < -0.3 is 5.43 Å². The fourth-order valence-electron chi connectivity index (χ4n) is 1.80. The highest BCUT2D eigenvalue weighted by molar-refractivity contribution is 5.83. The largest absolute Gasteiger partial charge is 0.307 e. The molecule has 0 saturated carbocycles. The zero-order chi connectivity index (χ0) is 13.3. The number of nitrogens with zero attached hydrogens (tertiary/aromatic N) is 1. The molecule has 0 aliphatic rings. The first-order valence-corrected chi connectivity index (χ1v) is 7.20. The topological polar surface area (TPSA) is 24.4 Å². The Balaban J connectivity index is 3.81. The van der Waals surface area contributed by atoms with Crippen LogP contribution in [-0.2, 0) is 0 Å². The van der Waals surface area contributed by atoms with Crippen molar-refractivity contribution in [3.63, 3.8) is 0 Å². The molecule has 17 heavy (non-hydrogen) atoms. The van der Waals surface area contributed by atoms with Gasteiger partial charge in [-0.2, -0.15) is 5.10 Å². The molecule has 0 fully saturated rings. The van der Waals surface area contributed by atoms with Crippen LogP contribution in [0.4, 0.5) is 0 Å². The number of hydrazone groups is 1. The Bertz CT molecular complexity index is 213. The summed E-state index contributed by atoms with van der Waals surface area (Å²) in [5.41, 5.74) is 5.05. The second kappa shape index (κ2) is 8.54. The SMILES string of the molecule is CCC/C(CC)=N/N[C@H](C)CCCC(C)(C)C. The molecule has 1 atom stereocenters. The first-order chi connectivity index (χ1) is 7.89. The summed E-state index contributed by atoms with van der Waals surface area (Å²) in [5, 5.41) is 4.51. The van der Waals surface area contributed by atoms with Crippen LogP contribution in [0, 0.1) is 5.41 Å². The summed E-state index contributed by atoms with van der Waals surface area (Å²) in [6, 6.07) is 0.496. The van der Waals surface area contributed by atoms with E-state index in [4.69, 9.17) is 0 Å². The van der Waals surface area contributed by atoms with Crippen LogP contribution in [0.5, 0.6) is 0 Å². The van der Waals surface area contributed by atoms with Crippen molar-refractivity contribution < 1.29 is 0 Å². The maximum absolute atomic E-state index is 4.51. The third-order valence-corrected chi connectivity index (χ3v) is 2.95. The van der Waals surface area contributed by atoms with E-state index >= 15 is 0 Å². The van der Waals surface area contributed by atoms with Gasteiger partial charge in [0, 0.05) is 11.8 Å². The third kappa shape index (κ3) is 10.3. The van der Waals surface area contributed by atoms with Gasteiger partial charge >= 0.3 is 0 Å². The average molecular weight is 240 g/mol. The minimum absolute atomic E-state index is 0.458. The highest BCUT2D eigenvalue weighted by Gasteiger charge is 2.10. The lowest BCUT2D eigenvalue weighted by Crippen LogP contribution is -2.22. The monoisotopic (exact) mass is 240 g/mol. The van der Waals surface area contributed by atoms with Crippen molar-refractivity contribution in [2.45, 2.75) is 86.1 Å². The fraction of sp³-hybridized carbons (Fsp3) is 0.933. The van der Waals surface area contributed by atoms with Crippen LogP contribution >= 0.6 is 0 Å². The van der Waals surface area contributed by atoms with Crippen LogP contribution in [0.2, 0.25) is 0 Å². The zero-order valence-electron chi connectivity index (χ0n) is 12.8. The Morgan fingerprint density at radius 2 is 1.88 bits per heavy atom. The predicted octanol–water partition coefficient (Wildman–Crippen LogP) is 4.75. The zero-order valence-corrected chi connectivity index (χ0v) is 12.8. The summed E-state index contributed by atoms with van der Waals surface area (Å²) in [7, 11) is 0. The smallest absolute Gasteiger partial charge is 0.0412 e. The number of rotatable bonds is 8. The summed E-state index contributed by atoms with van der Waals surface area (Å²) < 4.78 is 0. The van der Waals surface area contributed by atoms with E-state index in [1.807, 2.05) is 0 Å². The van der Waals surface area contributed by atoms with E-state index in [1.165, 1.54) is 31.4 Å². The maximum Gasteiger partial charge on any atom is 0.0412 e. The Hall–Kier alpha value is -0.530. The van der Waals surface area contributed by atoms with E-state index in [0.717, 1.165) is 12.8 Å². The van der Waals surface area contributed by atoms with Crippen molar-refractivity contribution in [3.05, 3.63) is 0 Å². The molecule has 0 saturated heterocycles. The van der Waals surface area contributed by atoms with Crippen LogP contribution in [-0.4, -0.2) is 11.8 Å². The molecule has 0 bridgehead atoms. The molecule has 0 aromatic carbocycles. The average Bonchev–Trinajstić information content (AvgIpc) is 2.22. The summed E-state index contributed by atoms with van der Waals surface area (Å²) in [6.45, 7) is 13.5. The lowest BCUT2D eigenvalue weighted by Gasteiger charge is -2.19. The maximum atomic E-state index is 4.51. The van der Waals surface area contributed by atoms with Crippen molar-refractivity contribution in [1.29, 1.82) is 0 Å². The minimum Gasteiger partial charge on any atom is -0.307 e. The molecule has 2 nitrogen and oxygen atoms in total. The van der Waals surface area contributed by atoms with E-state index in [2.05, 4.69) is 52.1 Å². The number of hydrogen-bond donors (Lipinski definition) is 1. The van der Waals surface area contributed by atoms with Gasteiger partial charge in [-0.1, -0.05) is 47.5 Å². The predicted molar refractivity (Wildman–Crippen MR) is 78.5 cm³/mol. The van der Waals surface area contributed by atoms with Gasteiger partial charge in [-0.25, -0.2) is 0 Å². The van der Waals surface area contributed by atoms with Crippen LogP contribution in [0.3, 0.4) is 0 Å². The van der Waals surface area contributed by atoms with Crippen LogP contribution in [0.1, 0.15) is 80.1 Å². The highest BCUT2D eigenvalue weighted by Crippen LogP contribution is 2.21. The first kappa shape index (κ1) is 16.5. The molecule has 0 heterocycles. The Kier molecular flexibility index (Phi) is 8.28. The number of nitrogens with one attached hydrogen (secondary N) is 1. The molecular weight excluding hydrogens is 208 g/mol. The van der Waals surface area contributed by atoms with Gasteiger partial charge in [0.1, 0.15) is 0 Å². The molecule has 0 aliphatic heterocycles. The van der Waals surface area contributed by atoms with Crippen LogP contribution in [0.15, 0.2) is 5.10 Å². The summed E-state index contributed by atoms with van der Waals surface area (Å²) in [4.78, 5) is 0. The van der Waals surface area contributed by atoms with Gasteiger partial charge in [0.05, 0.1) is 0 Å². The second-order valence-corrected chi connectivity index (χ2v) is 6.26. The lowest BCUT2D eigenvalue weighted by atomic mass is 9.89. The molecule has 0 aromatic rings. The highest BCUT2D eigenvalue weighted by atomic mass is 15.3. The van der Waals surface area contributed by atoms with Gasteiger partial charge in [0.2, 0.25) is 0 Å². The van der Waals surface area contributed by atoms with Gasteiger partial charge in [-0.3, -0.25) is 0 Å². The lowest BCUT2D eigenvalue weighted by molar-refractivity contribution is 0.347. The van der Waals surface area contributed by atoms with Crippen molar-refractivity contribution in [1.82, 2.24) is 5.43 Å². The second-order valence-electron chi connectivity index (χ2n) is 6.26. The van der Waals surface area contributed by atoms with Crippen LogP contribution < -0.4 is 5.43 Å². The van der Waals surface area contributed by atoms with Gasteiger partial charge in [-0.05, 0) is 38.0 Å². The minimum atomic E-state index is 0.458. The van der Waals surface area contributed by atoms with Crippen LogP contribution in [0.25, 0.3) is 0 Å². The molecule has 0 aliphatic carbocycles. The Morgan fingerprint density at radius 3 is 2.35 bits per heavy atom. The molecule has 0 unspecified atom stereocenters. The molecule has 0 spiro atoms. The van der Waals surface area contributed by atoms with E-state index in [1.54, 1.807) is 0 Å². The van der Waals surface area contributed by atoms with E-state index in [-0.39, 0.29) is 0 Å². The van der Waals surface area contributed by atoms with Crippen molar-refractivity contribution in [3.8, 4) is 0 Å². The van der Waals surface area contributed by atoms with Crippen molar-refractivity contribution in [2.24, 2.45) is 10.5 Å².